The van der Waals surface area contributed by atoms with Crippen molar-refractivity contribution < 1.29 is 43.0 Å². The topological polar surface area (TPSA) is 132 Å². The molecule has 0 aromatic heterocycles. The van der Waals surface area contributed by atoms with Gasteiger partial charge in [-0.3, -0.25) is 13.8 Å². The third-order valence-corrected chi connectivity index (χ3v) is 8.69. The normalized spacial score (nSPS) is 14.9. The zero-order valence-corrected chi connectivity index (χ0v) is 32.2. The summed E-state index contributed by atoms with van der Waals surface area (Å²) in [7, 11) is -4.53. The Balaban J connectivity index is 4.36. The Morgan fingerprint density at radius 1 is 0.640 bits per heavy atom. The molecule has 0 heterocycles. The van der Waals surface area contributed by atoms with Crippen LogP contribution in [0, 0.1) is 0 Å². The largest absolute Gasteiger partial charge is 0.472 e. The van der Waals surface area contributed by atoms with Gasteiger partial charge in [0.15, 0.2) is 0 Å². The number of aliphatic hydroxyl groups excluding tert-OH is 2. The van der Waals surface area contributed by atoms with Gasteiger partial charge < -0.3 is 24.6 Å². The number of allylic oxidation sites excluding steroid dienone is 9. The average Bonchev–Trinajstić information content (AvgIpc) is 3.10. The van der Waals surface area contributed by atoms with Crippen LogP contribution in [0.1, 0.15) is 142 Å². The van der Waals surface area contributed by atoms with Gasteiger partial charge in [0, 0.05) is 6.42 Å². The second kappa shape index (κ2) is 36.9. The first kappa shape index (κ1) is 48.2. The number of hydrogen-bond acceptors (Lipinski definition) is 8. The highest BCUT2D eigenvalue weighted by atomic mass is 31.2. The number of aliphatic hydroxyl groups is 2. The Hall–Kier alpha value is -1.84. The lowest BCUT2D eigenvalue weighted by Gasteiger charge is -2.20. The highest BCUT2D eigenvalue weighted by Gasteiger charge is 2.26. The molecule has 0 aliphatic rings. The van der Waals surface area contributed by atoms with Crippen LogP contribution in [0.15, 0.2) is 60.8 Å². The molecule has 0 aromatic carbocycles. The lowest BCUT2D eigenvalue weighted by Crippen LogP contribution is -2.29. The van der Waals surface area contributed by atoms with Gasteiger partial charge in [-0.15, -0.1) is 0 Å². The fraction of sp³-hybridized carbons (Fsp3) is 0.725. The summed E-state index contributed by atoms with van der Waals surface area (Å²) in [6.45, 7) is 3.15. The number of unbranched alkanes of at least 4 members (excludes halogenated alkanes) is 12. The molecule has 50 heavy (non-hydrogen) atoms. The summed E-state index contributed by atoms with van der Waals surface area (Å²) >= 11 is 0. The van der Waals surface area contributed by atoms with E-state index in [1.807, 2.05) is 6.08 Å². The minimum Gasteiger partial charge on any atom is -0.457 e. The van der Waals surface area contributed by atoms with Gasteiger partial charge in [-0.2, -0.15) is 0 Å². The fourth-order valence-electron chi connectivity index (χ4n) is 4.83. The molecule has 3 N–H and O–H groups in total. The van der Waals surface area contributed by atoms with E-state index in [1.54, 1.807) is 0 Å². The number of phosphoric ester groups is 1. The van der Waals surface area contributed by atoms with Crippen LogP contribution in [-0.4, -0.2) is 66.3 Å². The third-order valence-electron chi connectivity index (χ3n) is 7.74. The number of carbonyl (C=O) groups is 1. The van der Waals surface area contributed by atoms with Crippen LogP contribution in [0.2, 0.25) is 0 Å². The molecular weight excluding hydrogens is 655 g/mol. The van der Waals surface area contributed by atoms with E-state index in [4.69, 9.17) is 23.6 Å². The third kappa shape index (κ3) is 36.0. The van der Waals surface area contributed by atoms with Crippen molar-refractivity contribution in [3.05, 3.63) is 60.8 Å². The Kier molecular flexibility index (Phi) is 35.6. The quantitative estimate of drug-likeness (QED) is 0.0250. The van der Waals surface area contributed by atoms with Crippen LogP contribution >= 0.6 is 7.82 Å². The maximum Gasteiger partial charge on any atom is 0.472 e. The maximum absolute atomic E-state index is 12.5. The summed E-state index contributed by atoms with van der Waals surface area (Å²) in [5.41, 5.74) is 0. The highest BCUT2D eigenvalue weighted by Crippen LogP contribution is 2.43. The minimum atomic E-state index is -4.53. The van der Waals surface area contributed by atoms with Crippen LogP contribution < -0.4 is 0 Å². The van der Waals surface area contributed by atoms with Gasteiger partial charge in [-0.1, -0.05) is 152 Å². The second-order valence-electron chi connectivity index (χ2n) is 12.6. The van der Waals surface area contributed by atoms with Crippen LogP contribution in [0.4, 0.5) is 0 Å². The van der Waals surface area contributed by atoms with Crippen molar-refractivity contribution in [1.29, 1.82) is 0 Å². The maximum atomic E-state index is 12.5. The van der Waals surface area contributed by atoms with E-state index in [0.29, 0.717) is 13.0 Å². The summed E-state index contributed by atoms with van der Waals surface area (Å²) < 4.78 is 33.1. The molecule has 3 unspecified atom stereocenters. The number of esters is 1. The molecule has 0 saturated heterocycles. The number of ether oxygens (including phenoxy) is 2. The first-order valence-electron chi connectivity index (χ1n) is 19.3. The molecule has 3 atom stereocenters. The summed E-state index contributed by atoms with van der Waals surface area (Å²) in [6.07, 6.45) is 40.6. The van der Waals surface area contributed by atoms with E-state index in [9.17, 15) is 19.4 Å². The van der Waals surface area contributed by atoms with Crippen molar-refractivity contribution in [2.24, 2.45) is 0 Å². The lowest BCUT2D eigenvalue weighted by atomic mass is 10.0. The molecule has 0 radical (unpaired) electrons. The van der Waals surface area contributed by atoms with Gasteiger partial charge >= 0.3 is 13.8 Å². The predicted octanol–water partition coefficient (Wildman–Crippen LogP) is 10.0. The molecule has 0 rings (SSSR count). The highest BCUT2D eigenvalue weighted by molar-refractivity contribution is 7.47. The summed E-state index contributed by atoms with van der Waals surface area (Å²) in [6, 6.07) is 0. The molecule has 9 nitrogen and oxygen atoms in total. The van der Waals surface area contributed by atoms with Crippen LogP contribution in [0.3, 0.4) is 0 Å². The van der Waals surface area contributed by atoms with Crippen molar-refractivity contribution in [2.75, 3.05) is 33.0 Å². The first-order chi connectivity index (χ1) is 24.3. The van der Waals surface area contributed by atoms with Crippen molar-refractivity contribution in [3.63, 3.8) is 0 Å². The standard InChI is InChI=1S/C40H71O9P/c1-3-5-7-9-11-13-15-17-18-19-21-23-25-27-29-31-33-46-36-39(37-48-50(44,45)47-35-38(42)34-41)49-40(43)32-30-28-26-24-22-20-16-14-12-10-8-6-4-2/h5,7,11,13,17-18,21,23,27,29,38-39,41-42H,3-4,6,8-10,12,14-16,19-20,22,24-26,28,30-37H2,1-2H3,(H,44,45)/b7-5-,13-11-,18-17-,23-21-,29-27-. The van der Waals surface area contributed by atoms with Crippen molar-refractivity contribution in [2.45, 2.75) is 154 Å². The number of carbonyl (C=O) groups excluding carboxylic acids is 1. The zero-order chi connectivity index (χ0) is 36.8. The Morgan fingerprint density at radius 2 is 1.10 bits per heavy atom. The average molecular weight is 727 g/mol. The summed E-state index contributed by atoms with van der Waals surface area (Å²) in [5, 5.41) is 18.3. The van der Waals surface area contributed by atoms with Crippen molar-refractivity contribution in [1.82, 2.24) is 0 Å². The molecule has 0 aliphatic carbocycles. The van der Waals surface area contributed by atoms with Gasteiger partial charge in [-0.25, -0.2) is 4.57 Å². The molecule has 0 spiro atoms. The second-order valence-corrected chi connectivity index (χ2v) is 14.0. The van der Waals surface area contributed by atoms with Gasteiger partial charge in [0.1, 0.15) is 12.2 Å². The molecule has 0 saturated carbocycles. The molecule has 0 bridgehead atoms. The van der Waals surface area contributed by atoms with E-state index < -0.39 is 45.8 Å². The Morgan fingerprint density at radius 3 is 1.60 bits per heavy atom. The van der Waals surface area contributed by atoms with E-state index in [2.05, 4.69) is 68.5 Å². The first-order valence-corrected chi connectivity index (χ1v) is 20.8. The summed E-state index contributed by atoms with van der Waals surface area (Å²) in [5.74, 6) is -0.410. The Labute approximate surface area is 304 Å². The summed E-state index contributed by atoms with van der Waals surface area (Å²) in [4.78, 5) is 22.5. The molecule has 0 fully saturated rings. The minimum absolute atomic E-state index is 0.00564. The number of phosphoric acid groups is 1. The van der Waals surface area contributed by atoms with Crippen LogP contribution in [0.25, 0.3) is 0 Å². The fourth-order valence-corrected chi connectivity index (χ4v) is 5.62. The van der Waals surface area contributed by atoms with Gasteiger partial charge in [0.25, 0.3) is 0 Å². The SMILES string of the molecule is CC/C=C\C/C=C\C/C=C\C/C=C\C/C=C\CCOCC(COP(=O)(O)OCC(O)CO)OC(=O)CCCCCCCCCCCCCCC. The van der Waals surface area contributed by atoms with E-state index in [1.165, 1.54) is 64.2 Å². The molecule has 0 aromatic rings. The molecule has 0 aliphatic heterocycles. The van der Waals surface area contributed by atoms with Crippen molar-refractivity contribution in [3.8, 4) is 0 Å². The van der Waals surface area contributed by atoms with Crippen LogP contribution in [-0.2, 0) is 27.9 Å². The lowest BCUT2D eigenvalue weighted by molar-refractivity contribution is -0.154. The zero-order valence-electron chi connectivity index (χ0n) is 31.3. The number of hydrogen-bond donors (Lipinski definition) is 3. The van der Waals surface area contributed by atoms with Gasteiger partial charge in [0.2, 0.25) is 0 Å². The predicted molar refractivity (Wildman–Crippen MR) is 205 cm³/mol. The number of rotatable bonds is 36. The van der Waals surface area contributed by atoms with Crippen LogP contribution in [0.5, 0.6) is 0 Å². The molecule has 290 valence electrons. The smallest absolute Gasteiger partial charge is 0.457 e. The van der Waals surface area contributed by atoms with E-state index in [0.717, 1.165) is 51.4 Å². The van der Waals surface area contributed by atoms with Crippen molar-refractivity contribution >= 4 is 13.8 Å². The Bertz CT molecular complexity index is 960. The van der Waals surface area contributed by atoms with E-state index >= 15 is 0 Å². The van der Waals surface area contributed by atoms with Gasteiger partial charge in [-0.05, 0) is 44.9 Å². The monoisotopic (exact) mass is 726 g/mol. The molecular formula is C40H71O9P. The molecule has 10 heteroatoms. The van der Waals surface area contributed by atoms with Gasteiger partial charge in [0.05, 0.1) is 33.0 Å². The molecule has 0 amide bonds. The van der Waals surface area contributed by atoms with E-state index in [-0.39, 0.29) is 13.0 Å².